The second kappa shape index (κ2) is 14.5. The Hall–Kier alpha value is -2.90. The molecule has 5 rings (SSSR count). The summed E-state index contributed by atoms with van der Waals surface area (Å²) in [5, 5.41) is 2.66. The van der Waals surface area contributed by atoms with Gasteiger partial charge in [-0.1, -0.05) is 50.4 Å². The zero-order valence-electron chi connectivity index (χ0n) is 23.7. The Morgan fingerprint density at radius 2 is 1.43 bits per heavy atom. The largest absolute Gasteiger partial charge is 0.466 e. The topological polar surface area (TPSA) is 118 Å². The Kier molecular flexibility index (Phi) is 11.6. The van der Waals surface area contributed by atoms with Crippen LogP contribution in [0.5, 0.6) is 0 Å². The van der Waals surface area contributed by atoms with E-state index in [1.807, 2.05) is 70.0 Å². The van der Waals surface area contributed by atoms with Crippen LogP contribution in [-0.4, -0.2) is 62.9 Å². The molecule has 3 fully saturated rings. The highest BCUT2D eigenvalue weighted by Gasteiger charge is 2.61. The van der Waals surface area contributed by atoms with Crippen molar-refractivity contribution in [2.75, 3.05) is 55.0 Å². The Balaban J connectivity index is 0.000000258. The number of esters is 2. The minimum atomic E-state index is -3.23. The van der Waals surface area contributed by atoms with E-state index in [-0.39, 0.29) is 26.2 Å². The molecular weight excluding hydrogens is 576 g/mol. The third-order valence-corrected chi connectivity index (χ3v) is 13.8. The first-order chi connectivity index (χ1) is 19.7. The molecule has 3 aliphatic rings. The summed E-state index contributed by atoms with van der Waals surface area (Å²) >= 11 is 0. The summed E-state index contributed by atoms with van der Waals surface area (Å²) in [5.74, 6) is -0.723. The van der Waals surface area contributed by atoms with Crippen LogP contribution in [0.1, 0.15) is 40.5 Å². The second-order valence-corrected chi connectivity index (χ2v) is 15.7. The Morgan fingerprint density at radius 1 is 0.929 bits per heavy atom. The van der Waals surface area contributed by atoms with Gasteiger partial charge in [-0.05, 0) is 44.5 Å². The van der Waals surface area contributed by atoms with Gasteiger partial charge in [0.2, 0.25) is 0 Å². The number of benzene rings is 2. The number of nitrogens with zero attached hydrogens (tertiary/aromatic N) is 2. The minimum absolute atomic E-state index is 0. The van der Waals surface area contributed by atoms with E-state index in [9.17, 15) is 18.7 Å². The van der Waals surface area contributed by atoms with Gasteiger partial charge in [-0.3, -0.25) is 19.2 Å². The molecule has 0 aromatic heterocycles. The molecule has 0 saturated carbocycles. The molecule has 0 bridgehead atoms. The van der Waals surface area contributed by atoms with Crippen LogP contribution in [0, 0.1) is 0 Å². The highest BCUT2D eigenvalue weighted by Crippen LogP contribution is 2.66. The van der Waals surface area contributed by atoms with Crippen LogP contribution in [0.25, 0.3) is 0 Å². The zero-order valence-corrected chi connectivity index (χ0v) is 25.5. The number of carbonyl (C=O) groups excluding carboxylic acids is 2. The minimum Gasteiger partial charge on any atom is -0.466 e. The number of anilines is 2. The van der Waals surface area contributed by atoms with Gasteiger partial charge in [0.15, 0.2) is 12.6 Å². The van der Waals surface area contributed by atoms with Crippen LogP contribution in [-0.2, 0) is 32.9 Å². The van der Waals surface area contributed by atoms with Gasteiger partial charge in [0.1, 0.15) is 0 Å². The van der Waals surface area contributed by atoms with Crippen LogP contribution in [0.3, 0.4) is 0 Å². The van der Waals surface area contributed by atoms with Crippen LogP contribution >= 0.6 is 14.7 Å². The second-order valence-electron chi connectivity index (χ2n) is 9.95. The van der Waals surface area contributed by atoms with E-state index in [0.717, 1.165) is 24.3 Å². The molecule has 12 heteroatoms. The maximum atomic E-state index is 14.3. The van der Waals surface area contributed by atoms with E-state index in [1.54, 1.807) is 13.8 Å². The molecule has 2 aromatic rings. The molecule has 0 spiro atoms. The summed E-state index contributed by atoms with van der Waals surface area (Å²) < 4.78 is 45.6. The number of hydrogen-bond donors (Lipinski definition) is 1. The van der Waals surface area contributed by atoms with Crippen LogP contribution in [0.2, 0.25) is 0 Å². The summed E-state index contributed by atoms with van der Waals surface area (Å²) in [7, 11) is -5.74. The first-order valence-electron chi connectivity index (χ1n) is 13.9. The summed E-state index contributed by atoms with van der Waals surface area (Å²) in [6, 6.07) is 19.2. The average molecular weight is 620 g/mol. The third-order valence-electron chi connectivity index (χ3n) is 7.23. The fourth-order valence-electron chi connectivity index (χ4n) is 5.13. The van der Waals surface area contributed by atoms with Gasteiger partial charge < -0.3 is 28.1 Å². The van der Waals surface area contributed by atoms with E-state index in [4.69, 9.17) is 14.2 Å². The highest BCUT2D eigenvalue weighted by molar-refractivity contribution is 7.71. The lowest BCUT2D eigenvalue weighted by molar-refractivity contribution is -0.144. The number of epoxide rings is 1. The molecular formula is C30H43N3O7P2. The maximum absolute atomic E-state index is 14.3. The number of rotatable bonds is 10. The molecule has 3 aliphatic heterocycles. The van der Waals surface area contributed by atoms with Crippen molar-refractivity contribution >= 4 is 38.0 Å². The van der Waals surface area contributed by atoms with E-state index < -0.39 is 26.0 Å². The molecule has 1 N–H and O–H groups in total. The number of para-hydroxylation sites is 2. The quantitative estimate of drug-likeness (QED) is 0.186. The lowest BCUT2D eigenvalue weighted by Gasteiger charge is -2.33. The van der Waals surface area contributed by atoms with Crippen LogP contribution in [0.4, 0.5) is 11.4 Å². The SMILES string of the molecule is C.C=C(CC(=O)OCC)P1(=O)N(c2ccccc2)CCN1c1ccccc1.CCOC(=O)CC1(P2(=O)CCCN2)CO1. The number of carbonyl (C=O) groups is 2. The van der Waals surface area contributed by atoms with E-state index in [1.165, 1.54) is 0 Å². The number of hydrogen-bond acceptors (Lipinski definition) is 7. The van der Waals surface area contributed by atoms with Crippen molar-refractivity contribution in [3.8, 4) is 0 Å². The molecule has 2 aromatic carbocycles. The van der Waals surface area contributed by atoms with Crippen molar-refractivity contribution in [2.24, 2.45) is 0 Å². The fourth-order valence-corrected chi connectivity index (χ4v) is 10.9. The fraction of sp³-hybridized carbons (Fsp3) is 0.467. The van der Waals surface area contributed by atoms with Crippen molar-refractivity contribution in [1.82, 2.24) is 5.09 Å². The molecule has 3 saturated heterocycles. The normalized spacial score (nSPS) is 23.7. The molecule has 0 radical (unpaired) electrons. The van der Waals surface area contributed by atoms with Crippen molar-refractivity contribution < 1.29 is 32.9 Å². The first-order valence-corrected chi connectivity index (χ1v) is 17.4. The van der Waals surface area contributed by atoms with Crippen molar-refractivity contribution in [1.29, 1.82) is 0 Å². The third kappa shape index (κ3) is 7.17. The summed E-state index contributed by atoms with van der Waals surface area (Å²) in [4.78, 5) is 23.3. The predicted molar refractivity (Wildman–Crippen MR) is 167 cm³/mol. The van der Waals surface area contributed by atoms with Crippen LogP contribution < -0.4 is 14.4 Å². The lowest BCUT2D eigenvalue weighted by atomic mass is 10.3. The summed E-state index contributed by atoms with van der Waals surface area (Å²) in [6.45, 7) is 10.6. The smallest absolute Gasteiger partial charge is 0.310 e. The van der Waals surface area contributed by atoms with Gasteiger partial charge in [-0.25, -0.2) is 0 Å². The van der Waals surface area contributed by atoms with Gasteiger partial charge in [-0.15, -0.1) is 0 Å². The van der Waals surface area contributed by atoms with Crippen LogP contribution in [0.15, 0.2) is 72.6 Å². The van der Waals surface area contributed by atoms with Gasteiger partial charge in [0.05, 0.1) is 32.7 Å². The lowest BCUT2D eigenvalue weighted by Crippen LogP contribution is -2.24. The molecule has 0 aliphatic carbocycles. The summed E-state index contributed by atoms with van der Waals surface area (Å²) in [5.41, 5.74) is 1.72. The van der Waals surface area contributed by atoms with E-state index >= 15 is 0 Å². The number of ether oxygens (including phenoxy) is 3. The Labute approximate surface area is 249 Å². The highest BCUT2D eigenvalue weighted by atomic mass is 31.2. The standard InChI is InChI=1S/C20H23N2O3P.C9H16NO4P.CH4/c1-3-25-20(23)16-17(2)26(24)21(18-10-6-4-7-11-18)14-15-22(26)19-12-8-5-9-13-19;1-2-13-8(11)6-9(7-14-9)15(12)5-3-4-10-15;/h4-13H,2-3,14-16H2,1H3;2-7H2,1H3,(H,10,12);1H4. The molecule has 10 nitrogen and oxygen atoms in total. The van der Waals surface area contributed by atoms with E-state index in [2.05, 4.69) is 11.7 Å². The van der Waals surface area contributed by atoms with Gasteiger partial charge in [-0.2, -0.15) is 0 Å². The molecule has 2 atom stereocenters. The Bertz CT molecular complexity index is 1260. The summed E-state index contributed by atoms with van der Waals surface area (Å²) in [6.07, 6.45) is 1.58. The van der Waals surface area contributed by atoms with Gasteiger partial charge >= 0.3 is 11.9 Å². The molecule has 230 valence electrons. The van der Waals surface area contributed by atoms with Gasteiger partial charge in [0, 0.05) is 42.5 Å². The van der Waals surface area contributed by atoms with Gasteiger partial charge in [0.25, 0.3) is 7.44 Å². The average Bonchev–Trinajstić information content (AvgIpc) is 3.46. The molecule has 42 heavy (non-hydrogen) atoms. The maximum Gasteiger partial charge on any atom is 0.310 e. The molecule has 2 unspecified atom stereocenters. The molecule has 3 heterocycles. The van der Waals surface area contributed by atoms with Crippen molar-refractivity contribution in [3.05, 3.63) is 72.6 Å². The first kappa shape index (κ1) is 33.6. The predicted octanol–water partition coefficient (Wildman–Crippen LogP) is 6.25. The van der Waals surface area contributed by atoms with Crippen molar-refractivity contribution in [3.63, 3.8) is 0 Å². The van der Waals surface area contributed by atoms with E-state index in [0.29, 0.717) is 44.4 Å². The molecule has 0 amide bonds. The Morgan fingerprint density at radius 3 is 1.86 bits per heavy atom. The number of nitrogens with one attached hydrogen (secondary N) is 1. The monoisotopic (exact) mass is 619 g/mol. The van der Waals surface area contributed by atoms with Crippen molar-refractivity contribution in [2.45, 2.75) is 45.9 Å². The zero-order chi connectivity index (χ0) is 29.5.